The lowest BCUT2D eigenvalue weighted by atomic mass is 10.1. The van der Waals surface area contributed by atoms with E-state index in [1.54, 1.807) is 24.3 Å². The van der Waals surface area contributed by atoms with Gasteiger partial charge in [-0.25, -0.2) is 9.59 Å². The fourth-order valence-corrected chi connectivity index (χ4v) is 2.31. The van der Waals surface area contributed by atoms with E-state index in [4.69, 9.17) is 11.6 Å². The number of rotatable bonds is 7. The van der Waals surface area contributed by atoms with Gasteiger partial charge in [0, 0.05) is 16.6 Å². The number of carboxylic acids is 1. The van der Waals surface area contributed by atoms with E-state index < -0.39 is 18.0 Å². The van der Waals surface area contributed by atoms with Gasteiger partial charge in [0.25, 0.3) is 0 Å². The van der Waals surface area contributed by atoms with Gasteiger partial charge in [-0.2, -0.15) is 0 Å². The molecule has 21 heavy (non-hydrogen) atoms. The molecule has 0 aliphatic carbocycles. The van der Waals surface area contributed by atoms with Crippen LogP contribution in [0.1, 0.15) is 44.7 Å². The van der Waals surface area contributed by atoms with E-state index in [-0.39, 0.29) is 6.04 Å². The van der Waals surface area contributed by atoms with Gasteiger partial charge < -0.3 is 15.7 Å². The van der Waals surface area contributed by atoms with Gasteiger partial charge in [-0.15, -0.1) is 0 Å². The molecule has 2 atom stereocenters. The molecular formula is C15H21ClN2O3. The van der Waals surface area contributed by atoms with Crippen molar-refractivity contribution in [2.24, 2.45) is 0 Å². The third-order valence-electron chi connectivity index (χ3n) is 3.20. The van der Waals surface area contributed by atoms with Crippen molar-refractivity contribution in [1.82, 2.24) is 10.6 Å². The third-order valence-corrected chi connectivity index (χ3v) is 3.55. The summed E-state index contributed by atoms with van der Waals surface area (Å²) in [6, 6.07) is 4.95. The molecule has 0 heterocycles. The lowest BCUT2D eigenvalue weighted by Crippen LogP contribution is -2.45. The molecule has 0 radical (unpaired) electrons. The van der Waals surface area contributed by atoms with Gasteiger partial charge >= 0.3 is 12.0 Å². The molecule has 0 aliphatic rings. The van der Waals surface area contributed by atoms with Crippen LogP contribution in [-0.2, 0) is 4.79 Å². The second-order valence-electron chi connectivity index (χ2n) is 4.80. The van der Waals surface area contributed by atoms with E-state index in [1.165, 1.54) is 0 Å². The van der Waals surface area contributed by atoms with Gasteiger partial charge in [-0.3, -0.25) is 0 Å². The molecule has 0 saturated heterocycles. The fraction of sp³-hybridized carbons (Fsp3) is 0.467. The minimum absolute atomic E-state index is 0.0377. The minimum atomic E-state index is -1.17. The molecule has 3 N–H and O–H groups in total. The molecule has 1 rings (SSSR count). The molecular weight excluding hydrogens is 292 g/mol. The first-order chi connectivity index (χ1) is 9.99. The van der Waals surface area contributed by atoms with Crippen LogP contribution in [0.25, 0.3) is 0 Å². The summed E-state index contributed by atoms with van der Waals surface area (Å²) in [6.07, 6.45) is 2.60. The number of halogens is 1. The van der Waals surface area contributed by atoms with Crippen LogP contribution in [-0.4, -0.2) is 23.1 Å². The summed E-state index contributed by atoms with van der Waals surface area (Å²) < 4.78 is 0. The average molecular weight is 313 g/mol. The Bertz CT molecular complexity index is 494. The summed E-state index contributed by atoms with van der Waals surface area (Å²) in [5.74, 6) is -1.15. The molecule has 1 aromatic carbocycles. The Labute approximate surface area is 129 Å². The predicted molar refractivity (Wildman–Crippen MR) is 82.5 cm³/mol. The molecule has 0 saturated carbocycles. The normalized spacial score (nSPS) is 13.3. The van der Waals surface area contributed by atoms with Crippen molar-refractivity contribution in [2.45, 2.75) is 45.2 Å². The largest absolute Gasteiger partial charge is 0.479 e. The molecule has 116 valence electrons. The molecule has 6 heteroatoms. The number of nitrogens with one attached hydrogen (secondary N) is 2. The smallest absolute Gasteiger partial charge is 0.331 e. The SMILES string of the molecule is CCCC(CC)NC(=O)N[C@@H](C(=O)O)c1ccccc1Cl. The van der Waals surface area contributed by atoms with Crippen molar-refractivity contribution in [3.63, 3.8) is 0 Å². The second kappa shape index (κ2) is 8.52. The summed E-state index contributed by atoms with van der Waals surface area (Å²) in [5.41, 5.74) is 0.366. The van der Waals surface area contributed by atoms with Crippen molar-refractivity contribution in [3.05, 3.63) is 34.9 Å². The topological polar surface area (TPSA) is 78.4 Å². The standard InChI is InChI=1S/C15H21ClN2O3/c1-3-7-10(4-2)17-15(21)18-13(14(19)20)11-8-5-6-9-12(11)16/h5-6,8-10,13H,3-4,7H2,1-2H3,(H,19,20)(H2,17,18,21)/t10?,13-/m1/s1. The first kappa shape index (κ1) is 17.3. The molecule has 1 aromatic rings. The zero-order chi connectivity index (χ0) is 15.8. The first-order valence-corrected chi connectivity index (χ1v) is 7.41. The molecule has 0 aromatic heterocycles. The molecule has 0 bridgehead atoms. The van der Waals surface area contributed by atoms with Crippen LogP contribution in [0, 0.1) is 0 Å². The predicted octanol–water partition coefficient (Wildman–Crippen LogP) is 3.34. The van der Waals surface area contributed by atoms with E-state index in [9.17, 15) is 14.7 Å². The molecule has 0 fully saturated rings. The Balaban J connectivity index is 2.78. The van der Waals surface area contributed by atoms with Crippen LogP contribution < -0.4 is 10.6 Å². The molecule has 0 aliphatic heterocycles. The van der Waals surface area contributed by atoms with Gasteiger partial charge in [-0.05, 0) is 18.9 Å². The third kappa shape index (κ3) is 5.27. The quantitative estimate of drug-likeness (QED) is 0.722. The highest BCUT2D eigenvalue weighted by molar-refractivity contribution is 6.31. The van der Waals surface area contributed by atoms with Crippen molar-refractivity contribution >= 4 is 23.6 Å². The van der Waals surface area contributed by atoms with E-state index in [2.05, 4.69) is 10.6 Å². The van der Waals surface area contributed by atoms with Crippen LogP contribution in [0.2, 0.25) is 5.02 Å². The highest BCUT2D eigenvalue weighted by atomic mass is 35.5. The summed E-state index contributed by atoms with van der Waals surface area (Å²) in [6.45, 7) is 4.01. The summed E-state index contributed by atoms with van der Waals surface area (Å²) >= 11 is 5.99. The summed E-state index contributed by atoms with van der Waals surface area (Å²) in [7, 11) is 0. The Hall–Kier alpha value is -1.75. The van der Waals surface area contributed by atoms with Crippen LogP contribution >= 0.6 is 11.6 Å². The van der Waals surface area contributed by atoms with Crippen molar-refractivity contribution < 1.29 is 14.7 Å². The minimum Gasteiger partial charge on any atom is -0.479 e. The maximum atomic E-state index is 12.0. The number of carboxylic acid groups (broad SMARTS) is 1. The zero-order valence-electron chi connectivity index (χ0n) is 12.2. The Morgan fingerprint density at radius 2 is 1.90 bits per heavy atom. The van der Waals surface area contributed by atoms with Crippen LogP contribution in [0.15, 0.2) is 24.3 Å². The first-order valence-electron chi connectivity index (χ1n) is 7.03. The Morgan fingerprint density at radius 1 is 1.24 bits per heavy atom. The molecule has 1 unspecified atom stereocenters. The molecule has 0 spiro atoms. The van der Waals surface area contributed by atoms with Crippen LogP contribution in [0.4, 0.5) is 4.79 Å². The number of benzene rings is 1. The number of hydrogen-bond acceptors (Lipinski definition) is 2. The van der Waals surface area contributed by atoms with Crippen LogP contribution in [0.3, 0.4) is 0 Å². The van der Waals surface area contributed by atoms with Crippen molar-refractivity contribution in [1.29, 1.82) is 0 Å². The monoisotopic (exact) mass is 312 g/mol. The van der Waals surface area contributed by atoms with Gasteiger partial charge in [-0.1, -0.05) is 50.1 Å². The molecule has 5 nitrogen and oxygen atoms in total. The zero-order valence-corrected chi connectivity index (χ0v) is 13.0. The summed E-state index contributed by atoms with van der Waals surface area (Å²) in [5, 5.41) is 14.9. The average Bonchev–Trinajstić information content (AvgIpc) is 2.45. The maximum absolute atomic E-state index is 12.0. The maximum Gasteiger partial charge on any atom is 0.331 e. The number of urea groups is 1. The van der Waals surface area contributed by atoms with Gasteiger partial charge in [0.1, 0.15) is 0 Å². The van der Waals surface area contributed by atoms with E-state index in [1.807, 2.05) is 13.8 Å². The van der Waals surface area contributed by atoms with E-state index >= 15 is 0 Å². The lowest BCUT2D eigenvalue weighted by Gasteiger charge is -2.20. The number of hydrogen-bond donors (Lipinski definition) is 3. The highest BCUT2D eigenvalue weighted by Crippen LogP contribution is 2.22. The Morgan fingerprint density at radius 3 is 2.43 bits per heavy atom. The van der Waals surface area contributed by atoms with Crippen molar-refractivity contribution in [3.8, 4) is 0 Å². The fourth-order valence-electron chi connectivity index (χ4n) is 2.07. The van der Waals surface area contributed by atoms with Crippen molar-refractivity contribution in [2.75, 3.05) is 0 Å². The second-order valence-corrected chi connectivity index (χ2v) is 5.21. The van der Waals surface area contributed by atoms with Crippen LogP contribution in [0.5, 0.6) is 0 Å². The van der Waals surface area contributed by atoms with Gasteiger partial charge in [0.2, 0.25) is 0 Å². The number of aliphatic carboxylic acids is 1. The van der Waals surface area contributed by atoms with Gasteiger partial charge in [0.05, 0.1) is 0 Å². The lowest BCUT2D eigenvalue weighted by molar-refractivity contribution is -0.139. The summed E-state index contributed by atoms with van der Waals surface area (Å²) in [4.78, 5) is 23.3. The van der Waals surface area contributed by atoms with Gasteiger partial charge in [0.15, 0.2) is 6.04 Å². The number of amides is 2. The molecule has 2 amide bonds. The number of carbonyl (C=O) groups excluding carboxylic acids is 1. The Kier molecular flexibility index (Phi) is 7.02. The van der Waals surface area contributed by atoms with E-state index in [0.717, 1.165) is 19.3 Å². The number of carbonyl (C=O) groups is 2. The van der Waals surface area contributed by atoms with E-state index in [0.29, 0.717) is 10.6 Å². The highest BCUT2D eigenvalue weighted by Gasteiger charge is 2.24.